The van der Waals surface area contributed by atoms with Crippen molar-refractivity contribution >= 4 is 0 Å². The van der Waals surface area contributed by atoms with Crippen LogP contribution >= 0.6 is 0 Å². The normalized spacial score (nSPS) is 59.8. The summed E-state index contributed by atoms with van der Waals surface area (Å²) in [7, 11) is 0. The van der Waals surface area contributed by atoms with Crippen LogP contribution in [0.15, 0.2) is 0 Å². The summed E-state index contributed by atoms with van der Waals surface area (Å²) < 4.78 is 0. The van der Waals surface area contributed by atoms with Gasteiger partial charge in [-0.2, -0.15) is 0 Å². The molecule has 0 radical (unpaired) electrons. The molecule has 0 aromatic heterocycles. The van der Waals surface area contributed by atoms with Crippen LogP contribution in [0, 0.1) is 35.0 Å². The summed E-state index contributed by atoms with van der Waals surface area (Å²) in [5, 5.41) is 0. The van der Waals surface area contributed by atoms with E-state index in [-0.39, 0.29) is 0 Å². The van der Waals surface area contributed by atoms with Crippen molar-refractivity contribution in [2.45, 2.75) is 52.9 Å². The number of hydrogen-bond acceptors (Lipinski definition) is 0. The molecule has 0 N–H and O–H groups in total. The standard InChI is InChI=1S/C14H24/c1-4-5-14(3)11-7-9(2)6-10-8-12(14)13(10)11/h9-13H,4-8H2,1-3H3. The Morgan fingerprint density at radius 2 is 1.86 bits per heavy atom. The smallest absolute Gasteiger partial charge is 0.0263 e. The summed E-state index contributed by atoms with van der Waals surface area (Å²) in [4.78, 5) is 0. The Morgan fingerprint density at radius 1 is 1.14 bits per heavy atom. The van der Waals surface area contributed by atoms with Crippen LogP contribution in [0.3, 0.4) is 0 Å². The van der Waals surface area contributed by atoms with Gasteiger partial charge in [0.2, 0.25) is 0 Å². The Morgan fingerprint density at radius 3 is 2.57 bits per heavy atom. The first-order valence-corrected chi connectivity index (χ1v) is 6.66. The molecule has 0 bridgehead atoms. The van der Waals surface area contributed by atoms with Crippen molar-refractivity contribution in [3.8, 4) is 0 Å². The van der Waals surface area contributed by atoms with E-state index < -0.39 is 0 Å². The number of hydrogen-bond donors (Lipinski definition) is 0. The van der Waals surface area contributed by atoms with Gasteiger partial charge in [-0.05, 0) is 60.7 Å². The lowest BCUT2D eigenvalue weighted by molar-refractivity contribution is -0.248. The van der Waals surface area contributed by atoms with Crippen LogP contribution in [0.2, 0.25) is 0 Å². The average Bonchev–Trinajstić information content (AvgIpc) is 2.09. The fourth-order valence-corrected chi connectivity index (χ4v) is 5.32. The molecule has 0 nitrogen and oxygen atoms in total. The van der Waals surface area contributed by atoms with Gasteiger partial charge in [0.25, 0.3) is 0 Å². The molecule has 3 fully saturated rings. The molecule has 14 heavy (non-hydrogen) atoms. The van der Waals surface area contributed by atoms with Crippen molar-refractivity contribution in [1.82, 2.24) is 0 Å². The highest BCUT2D eigenvalue weighted by molar-refractivity contribution is 5.15. The zero-order valence-corrected chi connectivity index (χ0v) is 9.92. The predicted molar refractivity (Wildman–Crippen MR) is 60.0 cm³/mol. The lowest BCUT2D eigenvalue weighted by Crippen LogP contribution is -2.67. The molecule has 6 unspecified atom stereocenters. The van der Waals surface area contributed by atoms with Crippen LogP contribution in [0.5, 0.6) is 0 Å². The van der Waals surface area contributed by atoms with Crippen molar-refractivity contribution in [3.63, 3.8) is 0 Å². The Labute approximate surface area is 88.5 Å². The first-order chi connectivity index (χ1) is 6.66. The van der Waals surface area contributed by atoms with E-state index in [1.807, 2.05) is 0 Å². The highest BCUT2D eigenvalue weighted by Gasteiger charge is 2.67. The zero-order valence-electron chi connectivity index (χ0n) is 9.92. The van der Waals surface area contributed by atoms with Crippen molar-refractivity contribution in [3.05, 3.63) is 0 Å². The van der Waals surface area contributed by atoms with Crippen LogP contribution in [0.25, 0.3) is 0 Å². The molecule has 3 aliphatic carbocycles. The van der Waals surface area contributed by atoms with E-state index in [1.54, 1.807) is 19.3 Å². The highest BCUT2D eigenvalue weighted by atomic mass is 14.7. The topological polar surface area (TPSA) is 0 Å². The first-order valence-electron chi connectivity index (χ1n) is 6.66. The maximum Gasteiger partial charge on any atom is -0.0263 e. The van der Waals surface area contributed by atoms with Crippen LogP contribution in [0.4, 0.5) is 0 Å². The second-order valence-electron chi connectivity index (χ2n) is 6.62. The molecular weight excluding hydrogens is 168 g/mol. The lowest BCUT2D eigenvalue weighted by atomic mass is 9.32. The molecule has 0 aromatic carbocycles. The van der Waals surface area contributed by atoms with E-state index in [1.165, 1.54) is 18.8 Å². The van der Waals surface area contributed by atoms with E-state index >= 15 is 0 Å². The fourth-order valence-electron chi connectivity index (χ4n) is 5.32. The monoisotopic (exact) mass is 192 g/mol. The SMILES string of the molecule is CCCC1(C)C2CC(C)CC3CC1C32. The summed E-state index contributed by atoms with van der Waals surface area (Å²) in [5.74, 6) is 5.63. The summed E-state index contributed by atoms with van der Waals surface area (Å²) in [6.45, 7) is 7.44. The van der Waals surface area contributed by atoms with Gasteiger partial charge < -0.3 is 0 Å². The zero-order chi connectivity index (χ0) is 9.92. The fraction of sp³-hybridized carbons (Fsp3) is 1.00. The third-order valence-corrected chi connectivity index (χ3v) is 5.87. The van der Waals surface area contributed by atoms with Gasteiger partial charge in [0.15, 0.2) is 0 Å². The van der Waals surface area contributed by atoms with Gasteiger partial charge >= 0.3 is 0 Å². The largest absolute Gasteiger partial charge is 0.0654 e. The molecule has 3 aliphatic rings. The molecule has 0 amide bonds. The molecule has 0 spiro atoms. The van der Waals surface area contributed by atoms with Crippen LogP contribution in [-0.2, 0) is 0 Å². The quantitative estimate of drug-likeness (QED) is 0.618. The Bertz CT molecular complexity index is 244. The van der Waals surface area contributed by atoms with Crippen LogP contribution in [-0.4, -0.2) is 0 Å². The highest BCUT2D eigenvalue weighted by Crippen LogP contribution is 2.74. The third-order valence-electron chi connectivity index (χ3n) is 5.87. The van der Waals surface area contributed by atoms with Crippen LogP contribution in [0.1, 0.15) is 52.9 Å². The molecule has 3 saturated carbocycles. The minimum atomic E-state index is 0.768. The summed E-state index contributed by atoms with van der Waals surface area (Å²) in [6, 6.07) is 0. The molecule has 0 heteroatoms. The van der Waals surface area contributed by atoms with Crippen molar-refractivity contribution in [2.24, 2.45) is 35.0 Å². The Kier molecular flexibility index (Phi) is 1.83. The van der Waals surface area contributed by atoms with Gasteiger partial charge in [-0.3, -0.25) is 0 Å². The van der Waals surface area contributed by atoms with Crippen LogP contribution < -0.4 is 0 Å². The van der Waals surface area contributed by atoms with Gasteiger partial charge in [-0.1, -0.05) is 27.2 Å². The first kappa shape index (κ1) is 9.24. The van der Waals surface area contributed by atoms with Gasteiger partial charge in [0.1, 0.15) is 0 Å². The van der Waals surface area contributed by atoms with E-state index in [4.69, 9.17) is 0 Å². The van der Waals surface area contributed by atoms with Gasteiger partial charge in [-0.15, -0.1) is 0 Å². The molecule has 80 valence electrons. The minimum absolute atomic E-state index is 0.768. The van der Waals surface area contributed by atoms with Crippen molar-refractivity contribution in [2.75, 3.05) is 0 Å². The van der Waals surface area contributed by atoms with Gasteiger partial charge in [0.05, 0.1) is 0 Å². The maximum atomic E-state index is 2.59. The molecule has 0 heterocycles. The van der Waals surface area contributed by atoms with Crippen molar-refractivity contribution in [1.29, 1.82) is 0 Å². The van der Waals surface area contributed by atoms with E-state index in [2.05, 4.69) is 20.8 Å². The molecular formula is C14H24. The third kappa shape index (κ3) is 0.907. The molecule has 6 atom stereocenters. The summed E-state index contributed by atoms with van der Waals surface area (Å²) in [6.07, 6.45) is 7.59. The predicted octanol–water partition coefficient (Wildman–Crippen LogP) is 4.10. The Hall–Kier alpha value is 0. The maximum absolute atomic E-state index is 2.59. The van der Waals surface area contributed by atoms with E-state index in [0.29, 0.717) is 0 Å². The number of rotatable bonds is 2. The molecule has 0 aliphatic heterocycles. The van der Waals surface area contributed by atoms with Gasteiger partial charge in [-0.25, -0.2) is 0 Å². The van der Waals surface area contributed by atoms with Crippen molar-refractivity contribution < 1.29 is 0 Å². The summed E-state index contributed by atoms with van der Waals surface area (Å²) >= 11 is 0. The molecule has 3 rings (SSSR count). The second kappa shape index (κ2) is 2.77. The minimum Gasteiger partial charge on any atom is -0.0654 e. The van der Waals surface area contributed by atoms with E-state index in [9.17, 15) is 0 Å². The van der Waals surface area contributed by atoms with E-state index in [0.717, 1.165) is 29.1 Å². The average molecular weight is 192 g/mol. The van der Waals surface area contributed by atoms with Gasteiger partial charge in [0, 0.05) is 0 Å². The molecule has 0 saturated heterocycles. The Balaban J connectivity index is 1.79. The molecule has 0 aromatic rings. The lowest BCUT2D eigenvalue weighted by Gasteiger charge is -2.73. The second-order valence-corrected chi connectivity index (χ2v) is 6.62. The summed E-state index contributed by atoms with van der Waals surface area (Å²) in [5.41, 5.74) is 0.768.